The molecule has 0 fully saturated rings. The molecule has 12 heteroatoms. The molecule has 0 unspecified atom stereocenters. The molecule has 0 radical (unpaired) electrons. The lowest BCUT2D eigenvalue weighted by Crippen LogP contribution is -2.40. The van der Waals surface area contributed by atoms with Crippen molar-refractivity contribution in [2.24, 2.45) is 0 Å². The number of hydrogen-bond acceptors (Lipinski definition) is 8. The van der Waals surface area contributed by atoms with Crippen LogP contribution >= 0.6 is 11.3 Å². The number of amides is 3. The minimum Gasteiger partial charge on any atom is -0.444 e. The number of anilines is 2. The molecule has 2 heterocycles. The van der Waals surface area contributed by atoms with Crippen molar-refractivity contribution >= 4 is 48.9 Å². The first-order valence-electron chi connectivity index (χ1n) is 15.8. The Hall–Kier alpha value is -3.58. The SMILES string of the molecule is CN(C)CCN(Cc1ccc(C(=O)Cc2cscc2NC(=O)OC(C)(C)C)nc1)C(=O)Nc1cccc(CO[Si](C)(C)C(C)(C)C)c1. The summed E-state index contributed by atoms with van der Waals surface area (Å²) in [7, 11) is 2.02. The quantitative estimate of drug-likeness (QED) is 0.139. The predicted molar refractivity (Wildman–Crippen MR) is 193 cm³/mol. The van der Waals surface area contributed by atoms with E-state index < -0.39 is 20.0 Å². The standard InChI is InChI=1S/C35H51N5O5SSi/c1-34(2,3)45-33(43)38-30-24-46-23-27(30)19-31(41)29-15-14-26(20-36-29)21-40(17-16-39(7)8)32(42)37-28-13-11-12-25(18-28)22-44-47(9,10)35(4,5)6/h11-15,18,20,23-24H,16-17,19,21-22H2,1-10H3,(H,37,42)(H,38,43). The number of hydrogen-bond donors (Lipinski definition) is 2. The zero-order valence-corrected chi connectivity index (χ0v) is 31.3. The van der Waals surface area contributed by atoms with Gasteiger partial charge in [0.15, 0.2) is 14.1 Å². The lowest BCUT2D eigenvalue weighted by atomic mass is 10.1. The number of carbonyl (C=O) groups is 3. The number of ether oxygens (including phenoxy) is 1. The highest BCUT2D eigenvalue weighted by Crippen LogP contribution is 2.37. The average Bonchev–Trinajstić information content (AvgIpc) is 3.38. The highest BCUT2D eigenvalue weighted by Gasteiger charge is 2.37. The van der Waals surface area contributed by atoms with Crippen molar-refractivity contribution in [3.05, 3.63) is 75.7 Å². The molecule has 0 spiro atoms. The number of likely N-dealkylation sites (N-methyl/N-ethyl adjacent to an activating group) is 1. The van der Waals surface area contributed by atoms with Crippen LogP contribution in [-0.2, 0) is 28.7 Å². The van der Waals surface area contributed by atoms with Gasteiger partial charge in [-0.3, -0.25) is 15.1 Å². The molecule has 256 valence electrons. The second-order valence-corrected chi connectivity index (χ2v) is 20.0. The Bertz CT molecular complexity index is 1510. The van der Waals surface area contributed by atoms with Gasteiger partial charge in [-0.15, -0.1) is 11.3 Å². The first kappa shape index (κ1) is 37.9. The molecular weight excluding hydrogens is 631 g/mol. The fraction of sp³-hybridized carbons (Fsp3) is 0.486. The van der Waals surface area contributed by atoms with Crippen LogP contribution in [0.15, 0.2) is 53.4 Å². The maximum atomic E-state index is 13.5. The summed E-state index contributed by atoms with van der Waals surface area (Å²) in [6.45, 7) is 18.5. The summed E-state index contributed by atoms with van der Waals surface area (Å²) in [5.41, 5.74) is 3.43. The molecule has 3 aromatic rings. The number of carbonyl (C=O) groups excluding carboxylic acids is 3. The molecule has 0 aliphatic carbocycles. The molecule has 0 bridgehead atoms. The van der Waals surface area contributed by atoms with Gasteiger partial charge in [0.25, 0.3) is 0 Å². The normalized spacial score (nSPS) is 12.1. The molecule has 0 saturated carbocycles. The highest BCUT2D eigenvalue weighted by atomic mass is 32.1. The van der Waals surface area contributed by atoms with Gasteiger partial charge in [0, 0.05) is 43.3 Å². The molecule has 3 rings (SSSR count). The van der Waals surface area contributed by atoms with Gasteiger partial charge in [0.1, 0.15) is 11.3 Å². The number of urea groups is 1. The number of Topliss-reactive ketones (excluding diaryl/α,β-unsaturated/α-hetero) is 1. The largest absolute Gasteiger partial charge is 0.444 e. The van der Waals surface area contributed by atoms with Gasteiger partial charge >= 0.3 is 12.1 Å². The smallest absolute Gasteiger partial charge is 0.412 e. The molecule has 1 aromatic carbocycles. The van der Waals surface area contributed by atoms with Crippen molar-refractivity contribution in [2.75, 3.05) is 37.8 Å². The van der Waals surface area contributed by atoms with Gasteiger partial charge in [0.05, 0.1) is 12.3 Å². The molecule has 0 saturated heterocycles. The van der Waals surface area contributed by atoms with E-state index >= 15 is 0 Å². The number of pyridine rings is 1. The van der Waals surface area contributed by atoms with E-state index in [1.165, 1.54) is 11.3 Å². The second-order valence-electron chi connectivity index (χ2n) is 14.5. The number of benzene rings is 1. The molecule has 47 heavy (non-hydrogen) atoms. The van der Waals surface area contributed by atoms with Gasteiger partial charge in [-0.1, -0.05) is 39.0 Å². The van der Waals surface area contributed by atoms with Crippen molar-refractivity contribution < 1.29 is 23.5 Å². The highest BCUT2D eigenvalue weighted by molar-refractivity contribution is 7.08. The lowest BCUT2D eigenvalue weighted by molar-refractivity contribution is 0.0635. The van der Waals surface area contributed by atoms with Gasteiger partial charge in [0.2, 0.25) is 0 Å². The van der Waals surface area contributed by atoms with Crippen molar-refractivity contribution in [1.29, 1.82) is 0 Å². The minimum atomic E-state index is -1.91. The third-order valence-corrected chi connectivity index (χ3v) is 13.2. The first-order valence-corrected chi connectivity index (χ1v) is 19.6. The Morgan fingerprint density at radius 2 is 1.66 bits per heavy atom. The van der Waals surface area contributed by atoms with Gasteiger partial charge < -0.3 is 24.3 Å². The van der Waals surface area contributed by atoms with E-state index in [1.807, 2.05) is 54.7 Å². The Morgan fingerprint density at radius 3 is 2.28 bits per heavy atom. The molecule has 2 aromatic heterocycles. The summed E-state index contributed by atoms with van der Waals surface area (Å²) in [5.74, 6) is -0.179. The van der Waals surface area contributed by atoms with E-state index in [9.17, 15) is 14.4 Å². The Labute approximate surface area is 285 Å². The molecule has 0 aliphatic rings. The number of nitrogens with zero attached hydrogens (tertiary/aromatic N) is 3. The summed E-state index contributed by atoms with van der Waals surface area (Å²) >= 11 is 1.39. The lowest BCUT2D eigenvalue weighted by Gasteiger charge is -2.36. The van der Waals surface area contributed by atoms with E-state index in [-0.39, 0.29) is 23.3 Å². The summed E-state index contributed by atoms with van der Waals surface area (Å²) in [4.78, 5) is 47.0. The number of ketones is 1. The second kappa shape index (κ2) is 16.0. The van der Waals surface area contributed by atoms with Crippen molar-refractivity contribution in [1.82, 2.24) is 14.8 Å². The maximum absolute atomic E-state index is 13.5. The van der Waals surface area contributed by atoms with Crippen molar-refractivity contribution in [2.45, 2.75) is 84.8 Å². The summed E-state index contributed by atoms with van der Waals surface area (Å²) in [5, 5.41) is 9.49. The van der Waals surface area contributed by atoms with E-state index in [1.54, 1.807) is 43.3 Å². The molecule has 3 amide bonds. The molecule has 2 N–H and O–H groups in total. The van der Waals surface area contributed by atoms with Crippen LogP contribution in [0.3, 0.4) is 0 Å². The number of aromatic nitrogens is 1. The molecular formula is C35H51N5O5SSi. The van der Waals surface area contributed by atoms with Crippen LogP contribution < -0.4 is 10.6 Å². The van der Waals surface area contributed by atoms with E-state index in [0.29, 0.717) is 48.9 Å². The van der Waals surface area contributed by atoms with Gasteiger partial charge in [-0.2, -0.15) is 0 Å². The number of thiophene rings is 1. The van der Waals surface area contributed by atoms with Crippen LogP contribution in [0.2, 0.25) is 18.1 Å². The average molecular weight is 682 g/mol. The molecule has 0 aliphatic heterocycles. The van der Waals surface area contributed by atoms with Crippen LogP contribution in [0.4, 0.5) is 21.0 Å². The topological polar surface area (TPSA) is 113 Å². The molecule has 10 nitrogen and oxygen atoms in total. The Kier molecular flexibility index (Phi) is 12.9. The molecule has 0 atom stereocenters. The fourth-order valence-corrected chi connectivity index (χ4v) is 5.89. The van der Waals surface area contributed by atoms with Crippen LogP contribution in [0, 0.1) is 0 Å². The van der Waals surface area contributed by atoms with E-state index in [2.05, 4.69) is 49.5 Å². The van der Waals surface area contributed by atoms with Crippen molar-refractivity contribution in [3.8, 4) is 0 Å². The first-order chi connectivity index (χ1) is 21.8. The van der Waals surface area contributed by atoms with Gasteiger partial charge in [-0.05, 0) is 93.3 Å². The van der Waals surface area contributed by atoms with Gasteiger partial charge in [-0.25, -0.2) is 9.59 Å². The Morgan fingerprint density at radius 1 is 0.936 bits per heavy atom. The predicted octanol–water partition coefficient (Wildman–Crippen LogP) is 8.03. The minimum absolute atomic E-state index is 0.0817. The summed E-state index contributed by atoms with van der Waals surface area (Å²) < 4.78 is 11.7. The monoisotopic (exact) mass is 681 g/mol. The summed E-state index contributed by atoms with van der Waals surface area (Å²) in [6.07, 6.45) is 1.15. The number of nitrogens with one attached hydrogen (secondary N) is 2. The van der Waals surface area contributed by atoms with E-state index in [0.717, 1.165) is 11.1 Å². The maximum Gasteiger partial charge on any atom is 0.412 e. The van der Waals surface area contributed by atoms with Crippen LogP contribution in [0.5, 0.6) is 0 Å². The summed E-state index contributed by atoms with van der Waals surface area (Å²) in [6, 6.07) is 11.0. The fourth-order valence-electron chi connectivity index (χ4n) is 4.15. The zero-order chi connectivity index (χ0) is 35.0. The van der Waals surface area contributed by atoms with Crippen LogP contribution in [0.25, 0.3) is 0 Å². The Balaban J connectivity index is 1.65. The third kappa shape index (κ3) is 12.2. The number of rotatable bonds is 13. The van der Waals surface area contributed by atoms with Crippen LogP contribution in [-0.4, -0.2) is 73.8 Å². The third-order valence-electron chi connectivity index (χ3n) is 7.90. The van der Waals surface area contributed by atoms with Crippen molar-refractivity contribution in [3.63, 3.8) is 0 Å². The van der Waals surface area contributed by atoms with Crippen LogP contribution in [0.1, 0.15) is 68.7 Å². The van der Waals surface area contributed by atoms with E-state index in [4.69, 9.17) is 9.16 Å². The zero-order valence-electron chi connectivity index (χ0n) is 29.5.